The zero-order chi connectivity index (χ0) is 16.9. The van der Waals surface area contributed by atoms with E-state index >= 15 is 0 Å². The van der Waals surface area contributed by atoms with E-state index in [4.69, 9.17) is 4.42 Å². The molecule has 0 aliphatic carbocycles. The van der Waals surface area contributed by atoms with Crippen LogP contribution >= 0.6 is 24.0 Å². The Morgan fingerprint density at radius 2 is 1.96 bits per heavy atom. The Hall–Kier alpha value is -1.29. The Morgan fingerprint density at radius 1 is 1.25 bits per heavy atom. The number of hydrogen-bond acceptors (Lipinski definition) is 4. The number of aliphatic imine (C=N–C) groups is 1. The first kappa shape index (κ1) is 20.8. The van der Waals surface area contributed by atoms with Crippen LogP contribution in [0.25, 0.3) is 11.0 Å². The summed E-state index contributed by atoms with van der Waals surface area (Å²) in [6.45, 7) is 4.48. The van der Waals surface area contributed by atoms with Crippen LogP contribution in [-0.2, 0) is 16.4 Å². The van der Waals surface area contributed by atoms with Crippen LogP contribution in [0.4, 0.5) is 0 Å². The minimum atomic E-state index is -2.98. The van der Waals surface area contributed by atoms with Gasteiger partial charge in [0, 0.05) is 30.3 Å². The highest BCUT2D eigenvalue weighted by atomic mass is 127. The summed E-state index contributed by atoms with van der Waals surface area (Å²) in [7, 11) is -1.33. The highest BCUT2D eigenvalue weighted by molar-refractivity contribution is 14.0. The molecule has 0 aliphatic heterocycles. The number of para-hydroxylation sites is 1. The predicted octanol–water partition coefficient (Wildman–Crippen LogP) is 2.46. The first-order chi connectivity index (χ1) is 11.0. The molecule has 134 valence electrons. The number of nitrogens with zero attached hydrogens (tertiary/aromatic N) is 1. The van der Waals surface area contributed by atoms with Crippen molar-refractivity contribution in [3.05, 3.63) is 35.6 Å². The van der Waals surface area contributed by atoms with Gasteiger partial charge in [0.25, 0.3) is 0 Å². The molecule has 0 amide bonds. The van der Waals surface area contributed by atoms with Gasteiger partial charge in [0.05, 0.1) is 12.3 Å². The highest BCUT2D eigenvalue weighted by Crippen LogP contribution is 2.24. The van der Waals surface area contributed by atoms with Crippen LogP contribution in [0.5, 0.6) is 0 Å². The molecule has 0 radical (unpaired) electrons. The average molecular weight is 465 g/mol. The van der Waals surface area contributed by atoms with Gasteiger partial charge in [-0.05, 0) is 13.0 Å². The molecule has 2 N–H and O–H groups in total. The van der Waals surface area contributed by atoms with Crippen molar-refractivity contribution in [1.29, 1.82) is 0 Å². The molecule has 6 nitrogen and oxygen atoms in total. The first-order valence-electron chi connectivity index (χ1n) is 7.58. The largest absolute Gasteiger partial charge is 0.459 e. The van der Waals surface area contributed by atoms with Gasteiger partial charge in [-0.25, -0.2) is 8.42 Å². The monoisotopic (exact) mass is 465 g/mol. The minimum Gasteiger partial charge on any atom is -0.459 e. The molecular weight excluding hydrogens is 441 g/mol. The second-order valence-electron chi connectivity index (χ2n) is 5.24. The number of guanidine groups is 1. The molecule has 0 unspecified atom stereocenters. The van der Waals surface area contributed by atoms with Crippen LogP contribution in [0.2, 0.25) is 0 Å². The Morgan fingerprint density at radius 3 is 2.58 bits per heavy atom. The summed E-state index contributed by atoms with van der Waals surface area (Å²) in [5.74, 6) is 1.64. The Bertz CT molecular complexity index is 800. The molecule has 0 fully saturated rings. The van der Waals surface area contributed by atoms with Crippen LogP contribution in [0, 0.1) is 6.92 Å². The quantitative estimate of drug-likeness (QED) is 0.389. The summed E-state index contributed by atoms with van der Waals surface area (Å²) < 4.78 is 28.8. The summed E-state index contributed by atoms with van der Waals surface area (Å²) in [6.07, 6.45) is 0. The maximum atomic E-state index is 11.5. The number of nitrogens with one attached hydrogen (secondary N) is 2. The van der Waals surface area contributed by atoms with Crippen LogP contribution in [-0.4, -0.2) is 39.5 Å². The first-order valence-corrected chi connectivity index (χ1v) is 9.41. The number of sulfone groups is 1. The Balaban J connectivity index is 0.00000288. The molecule has 8 heteroatoms. The molecule has 1 aromatic heterocycles. The standard InChI is InChI=1S/C16H23N3O3S.HI/c1-4-23(20,21)10-9-18-16(17-3)19-11-15-12(2)13-7-5-6-8-14(13)22-15;/h5-8H,4,9-11H2,1-3H3,(H2,17,18,19);1H. The van der Waals surface area contributed by atoms with Crippen molar-refractivity contribution in [2.45, 2.75) is 20.4 Å². The van der Waals surface area contributed by atoms with Crippen LogP contribution in [0.3, 0.4) is 0 Å². The lowest BCUT2D eigenvalue weighted by atomic mass is 10.1. The maximum absolute atomic E-state index is 11.5. The second kappa shape index (κ2) is 9.26. The maximum Gasteiger partial charge on any atom is 0.191 e. The lowest BCUT2D eigenvalue weighted by Gasteiger charge is -2.11. The van der Waals surface area contributed by atoms with Crippen LogP contribution in [0.15, 0.2) is 33.7 Å². The molecule has 2 rings (SSSR count). The lowest BCUT2D eigenvalue weighted by Crippen LogP contribution is -2.39. The summed E-state index contributed by atoms with van der Waals surface area (Å²) in [5.41, 5.74) is 1.95. The van der Waals surface area contributed by atoms with E-state index in [0.717, 1.165) is 22.3 Å². The van der Waals surface area contributed by atoms with Crippen molar-refractivity contribution in [2.24, 2.45) is 4.99 Å². The molecule has 24 heavy (non-hydrogen) atoms. The van der Waals surface area contributed by atoms with Crippen molar-refractivity contribution in [1.82, 2.24) is 10.6 Å². The smallest absolute Gasteiger partial charge is 0.191 e. The zero-order valence-electron chi connectivity index (χ0n) is 14.1. The summed E-state index contributed by atoms with van der Waals surface area (Å²) >= 11 is 0. The fourth-order valence-electron chi connectivity index (χ4n) is 2.25. The SMILES string of the molecule is CCS(=O)(=O)CCNC(=NC)NCc1oc2ccccc2c1C.I. The van der Waals surface area contributed by atoms with Crippen molar-refractivity contribution >= 4 is 50.7 Å². The summed E-state index contributed by atoms with van der Waals surface area (Å²) in [5, 5.41) is 7.24. The lowest BCUT2D eigenvalue weighted by molar-refractivity contribution is 0.534. The van der Waals surface area contributed by atoms with E-state index in [0.29, 0.717) is 19.0 Å². The van der Waals surface area contributed by atoms with E-state index in [-0.39, 0.29) is 35.5 Å². The van der Waals surface area contributed by atoms with Gasteiger partial charge in [0.15, 0.2) is 15.8 Å². The van der Waals surface area contributed by atoms with Crippen LogP contribution in [0.1, 0.15) is 18.2 Å². The second-order valence-corrected chi connectivity index (χ2v) is 7.71. The van der Waals surface area contributed by atoms with Gasteiger partial charge in [0.1, 0.15) is 11.3 Å². The Kier molecular flexibility index (Phi) is 8.01. The van der Waals surface area contributed by atoms with Gasteiger partial charge < -0.3 is 15.1 Å². The summed E-state index contributed by atoms with van der Waals surface area (Å²) in [4.78, 5) is 4.09. The van der Waals surface area contributed by atoms with Crippen molar-refractivity contribution in [3.8, 4) is 0 Å². The number of furan rings is 1. The molecule has 2 aromatic rings. The fraction of sp³-hybridized carbons (Fsp3) is 0.438. The van der Waals surface area contributed by atoms with Crippen molar-refractivity contribution in [2.75, 3.05) is 25.1 Å². The van der Waals surface area contributed by atoms with E-state index in [1.165, 1.54) is 0 Å². The van der Waals surface area contributed by atoms with Gasteiger partial charge in [0.2, 0.25) is 0 Å². The van der Waals surface area contributed by atoms with E-state index in [1.54, 1.807) is 14.0 Å². The van der Waals surface area contributed by atoms with Gasteiger partial charge in [-0.2, -0.15) is 0 Å². The van der Waals surface area contributed by atoms with Gasteiger partial charge >= 0.3 is 0 Å². The molecular formula is C16H24IN3O3S. The molecule has 0 spiro atoms. The summed E-state index contributed by atoms with van der Waals surface area (Å²) in [6, 6.07) is 7.89. The van der Waals surface area contributed by atoms with Crippen molar-refractivity contribution < 1.29 is 12.8 Å². The molecule has 0 atom stereocenters. The topological polar surface area (TPSA) is 83.7 Å². The molecule has 0 saturated carbocycles. The molecule has 0 saturated heterocycles. The average Bonchev–Trinajstić information content (AvgIpc) is 2.87. The van der Waals surface area contributed by atoms with E-state index in [1.807, 2.05) is 31.2 Å². The molecule has 0 bridgehead atoms. The number of rotatable bonds is 6. The number of benzene rings is 1. The zero-order valence-corrected chi connectivity index (χ0v) is 17.3. The van der Waals surface area contributed by atoms with Gasteiger partial charge in [-0.15, -0.1) is 24.0 Å². The van der Waals surface area contributed by atoms with Gasteiger partial charge in [-0.1, -0.05) is 25.1 Å². The van der Waals surface area contributed by atoms with E-state index in [2.05, 4.69) is 15.6 Å². The van der Waals surface area contributed by atoms with E-state index < -0.39 is 9.84 Å². The molecule has 0 aliphatic rings. The van der Waals surface area contributed by atoms with Gasteiger partial charge in [-0.3, -0.25) is 4.99 Å². The number of hydrogen-bond donors (Lipinski definition) is 2. The Labute approximate surface area is 160 Å². The third-order valence-corrected chi connectivity index (χ3v) is 5.43. The number of aryl methyl sites for hydroxylation is 1. The van der Waals surface area contributed by atoms with Crippen molar-refractivity contribution in [3.63, 3.8) is 0 Å². The van der Waals surface area contributed by atoms with E-state index in [9.17, 15) is 8.42 Å². The number of fused-ring (bicyclic) bond motifs is 1. The number of halogens is 1. The highest BCUT2D eigenvalue weighted by Gasteiger charge is 2.11. The fourth-order valence-corrected chi connectivity index (χ4v) is 2.95. The molecule has 1 heterocycles. The van der Waals surface area contributed by atoms with Crippen LogP contribution < -0.4 is 10.6 Å². The third kappa shape index (κ3) is 5.37. The minimum absolute atomic E-state index is 0. The predicted molar refractivity (Wildman–Crippen MR) is 109 cm³/mol. The third-order valence-electron chi connectivity index (χ3n) is 3.73. The molecule has 1 aromatic carbocycles. The normalized spacial score (nSPS) is 12.0.